The van der Waals surface area contributed by atoms with E-state index < -0.39 is 0 Å². The van der Waals surface area contributed by atoms with E-state index in [2.05, 4.69) is 33.0 Å². The first-order chi connectivity index (χ1) is 9.02. The van der Waals surface area contributed by atoms with E-state index in [4.69, 9.17) is 0 Å². The molecule has 0 spiro atoms. The van der Waals surface area contributed by atoms with Crippen LogP contribution in [0, 0.1) is 11.7 Å². The Morgan fingerprint density at radius 3 is 2.21 bits per heavy atom. The molecule has 1 aromatic rings. The van der Waals surface area contributed by atoms with E-state index in [-0.39, 0.29) is 5.82 Å². The van der Waals surface area contributed by atoms with Gasteiger partial charge in [-0.25, -0.2) is 4.39 Å². The summed E-state index contributed by atoms with van der Waals surface area (Å²) in [6.07, 6.45) is 4.79. The summed E-state index contributed by atoms with van der Waals surface area (Å²) in [6, 6.07) is 7.70. The zero-order valence-electron chi connectivity index (χ0n) is 12.7. The summed E-state index contributed by atoms with van der Waals surface area (Å²) in [4.78, 5) is 0. The molecular formula is C17H28FN. The molecule has 0 saturated carbocycles. The maximum absolute atomic E-state index is 12.9. The lowest BCUT2D eigenvalue weighted by molar-refractivity contribution is 0.403. The second kappa shape index (κ2) is 8.31. The molecule has 1 N–H and O–H groups in total. The number of benzene rings is 1. The van der Waals surface area contributed by atoms with Crippen molar-refractivity contribution in [1.82, 2.24) is 5.32 Å². The number of nitrogens with one attached hydrogen (secondary N) is 1. The minimum atomic E-state index is -0.163. The fraction of sp³-hybridized carbons (Fsp3) is 0.647. The molecular weight excluding hydrogens is 237 g/mol. The Morgan fingerprint density at radius 2 is 1.68 bits per heavy atom. The van der Waals surface area contributed by atoms with Gasteiger partial charge in [-0.1, -0.05) is 45.7 Å². The Labute approximate surface area is 117 Å². The van der Waals surface area contributed by atoms with Crippen molar-refractivity contribution in [2.45, 2.75) is 65.5 Å². The first-order valence-corrected chi connectivity index (χ1v) is 7.54. The molecule has 0 aliphatic carbocycles. The van der Waals surface area contributed by atoms with Crippen LogP contribution in [-0.4, -0.2) is 6.04 Å². The fourth-order valence-electron chi connectivity index (χ4n) is 2.40. The molecule has 0 saturated heterocycles. The highest BCUT2D eigenvalue weighted by Crippen LogP contribution is 2.19. The lowest BCUT2D eigenvalue weighted by Gasteiger charge is -2.23. The molecule has 1 aromatic carbocycles. The van der Waals surface area contributed by atoms with Gasteiger partial charge in [0.1, 0.15) is 5.82 Å². The molecule has 0 heterocycles. The molecule has 2 unspecified atom stereocenters. The van der Waals surface area contributed by atoms with Gasteiger partial charge >= 0.3 is 0 Å². The molecule has 2 atom stereocenters. The van der Waals surface area contributed by atoms with Gasteiger partial charge in [0.25, 0.3) is 0 Å². The van der Waals surface area contributed by atoms with E-state index >= 15 is 0 Å². The average Bonchev–Trinajstić information content (AvgIpc) is 2.36. The summed E-state index contributed by atoms with van der Waals surface area (Å²) < 4.78 is 12.9. The summed E-state index contributed by atoms with van der Waals surface area (Å²) >= 11 is 0. The van der Waals surface area contributed by atoms with Crippen LogP contribution in [-0.2, 0) is 0 Å². The van der Waals surface area contributed by atoms with Crippen molar-refractivity contribution in [3.63, 3.8) is 0 Å². The van der Waals surface area contributed by atoms with Gasteiger partial charge in [0.2, 0.25) is 0 Å². The van der Waals surface area contributed by atoms with Crippen molar-refractivity contribution in [2.24, 2.45) is 5.92 Å². The predicted molar refractivity (Wildman–Crippen MR) is 80.7 cm³/mol. The van der Waals surface area contributed by atoms with Gasteiger partial charge in [0.05, 0.1) is 0 Å². The molecule has 0 radical (unpaired) electrons. The Kier molecular flexibility index (Phi) is 7.07. The van der Waals surface area contributed by atoms with Gasteiger partial charge in [0, 0.05) is 12.1 Å². The van der Waals surface area contributed by atoms with E-state index in [9.17, 15) is 4.39 Å². The molecule has 108 valence electrons. The van der Waals surface area contributed by atoms with Crippen LogP contribution in [0.3, 0.4) is 0 Å². The summed E-state index contributed by atoms with van der Waals surface area (Å²) in [7, 11) is 0. The van der Waals surface area contributed by atoms with Crippen molar-refractivity contribution >= 4 is 0 Å². The zero-order chi connectivity index (χ0) is 14.3. The smallest absolute Gasteiger partial charge is 0.123 e. The molecule has 0 aliphatic heterocycles. The number of hydrogen-bond acceptors (Lipinski definition) is 1. The highest BCUT2D eigenvalue weighted by molar-refractivity contribution is 5.19. The Morgan fingerprint density at radius 1 is 1.05 bits per heavy atom. The Hall–Kier alpha value is -0.890. The SMILES string of the molecule is CCC(NC(C)CCCC(C)C)c1ccc(F)cc1. The van der Waals surface area contributed by atoms with Crippen LogP contribution in [0.2, 0.25) is 0 Å². The van der Waals surface area contributed by atoms with Crippen LogP contribution in [0.25, 0.3) is 0 Å². The van der Waals surface area contributed by atoms with Crippen molar-refractivity contribution in [3.8, 4) is 0 Å². The predicted octanol–water partition coefficient (Wildman–Crippen LogP) is 5.08. The van der Waals surface area contributed by atoms with E-state index in [1.807, 2.05) is 12.1 Å². The molecule has 19 heavy (non-hydrogen) atoms. The number of halogens is 1. The summed E-state index contributed by atoms with van der Waals surface area (Å²) in [6.45, 7) is 8.95. The lowest BCUT2D eigenvalue weighted by Crippen LogP contribution is -2.30. The van der Waals surface area contributed by atoms with Crippen molar-refractivity contribution < 1.29 is 4.39 Å². The van der Waals surface area contributed by atoms with Crippen LogP contribution >= 0.6 is 0 Å². The summed E-state index contributed by atoms with van der Waals surface area (Å²) in [5.74, 6) is 0.620. The van der Waals surface area contributed by atoms with Gasteiger partial charge in [-0.15, -0.1) is 0 Å². The van der Waals surface area contributed by atoms with Crippen molar-refractivity contribution in [3.05, 3.63) is 35.6 Å². The van der Waals surface area contributed by atoms with Gasteiger partial charge in [0.15, 0.2) is 0 Å². The minimum absolute atomic E-state index is 0.163. The molecule has 0 bridgehead atoms. The maximum atomic E-state index is 12.9. The minimum Gasteiger partial charge on any atom is -0.307 e. The third-order valence-corrected chi connectivity index (χ3v) is 3.58. The highest BCUT2D eigenvalue weighted by Gasteiger charge is 2.12. The largest absolute Gasteiger partial charge is 0.307 e. The summed E-state index contributed by atoms with van der Waals surface area (Å²) in [5, 5.41) is 3.65. The fourth-order valence-corrected chi connectivity index (χ4v) is 2.40. The molecule has 1 rings (SSSR count). The van der Waals surface area contributed by atoms with E-state index in [1.165, 1.54) is 24.8 Å². The monoisotopic (exact) mass is 265 g/mol. The quantitative estimate of drug-likeness (QED) is 0.691. The van der Waals surface area contributed by atoms with Gasteiger partial charge in [-0.05, 0) is 43.4 Å². The topological polar surface area (TPSA) is 12.0 Å². The second-order valence-electron chi connectivity index (χ2n) is 5.90. The van der Waals surface area contributed by atoms with Crippen LogP contribution in [0.15, 0.2) is 24.3 Å². The summed E-state index contributed by atoms with van der Waals surface area (Å²) in [5.41, 5.74) is 1.18. The van der Waals surface area contributed by atoms with Crippen molar-refractivity contribution in [1.29, 1.82) is 0 Å². The van der Waals surface area contributed by atoms with Gasteiger partial charge in [-0.3, -0.25) is 0 Å². The second-order valence-corrected chi connectivity index (χ2v) is 5.90. The molecule has 0 aliphatic rings. The van der Waals surface area contributed by atoms with Crippen LogP contribution in [0.1, 0.15) is 65.0 Å². The van der Waals surface area contributed by atoms with E-state index in [0.29, 0.717) is 12.1 Å². The third kappa shape index (κ3) is 6.20. The number of hydrogen-bond donors (Lipinski definition) is 1. The average molecular weight is 265 g/mol. The molecule has 0 fully saturated rings. The van der Waals surface area contributed by atoms with Crippen LogP contribution < -0.4 is 5.32 Å². The first kappa shape index (κ1) is 16.2. The van der Waals surface area contributed by atoms with E-state index in [1.54, 1.807) is 12.1 Å². The molecule has 0 aromatic heterocycles. The van der Waals surface area contributed by atoms with Crippen LogP contribution in [0.5, 0.6) is 0 Å². The lowest BCUT2D eigenvalue weighted by atomic mass is 10.0. The first-order valence-electron chi connectivity index (χ1n) is 7.54. The normalized spacial score (nSPS) is 14.6. The van der Waals surface area contributed by atoms with E-state index in [0.717, 1.165) is 12.3 Å². The Balaban J connectivity index is 2.45. The van der Waals surface area contributed by atoms with Gasteiger partial charge in [-0.2, -0.15) is 0 Å². The zero-order valence-corrected chi connectivity index (χ0v) is 12.7. The molecule has 2 heteroatoms. The molecule has 0 amide bonds. The standard InChI is InChI=1S/C17H28FN/c1-5-17(15-9-11-16(18)12-10-15)19-14(4)8-6-7-13(2)3/h9-14,17,19H,5-8H2,1-4H3. The third-order valence-electron chi connectivity index (χ3n) is 3.58. The van der Waals surface area contributed by atoms with Gasteiger partial charge < -0.3 is 5.32 Å². The highest BCUT2D eigenvalue weighted by atomic mass is 19.1. The Bertz CT molecular complexity index is 345. The maximum Gasteiger partial charge on any atom is 0.123 e. The molecule has 1 nitrogen and oxygen atoms in total. The number of rotatable bonds is 8. The van der Waals surface area contributed by atoms with Crippen molar-refractivity contribution in [2.75, 3.05) is 0 Å². The van der Waals surface area contributed by atoms with Crippen LogP contribution in [0.4, 0.5) is 4.39 Å².